The van der Waals surface area contributed by atoms with Gasteiger partial charge < -0.3 is 4.29 Å². The van der Waals surface area contributed by atoms with Crippen LogP contribution in [0.15, 0.2) is 12.2 Å². The molecule has 0 spiro atoms. The Balaban J connectivity index is 3.12. The molecule has 0 saturated heterocycles. The van der Waals surface area contributed by atoms with Crippen molar-refractivity contribution in [3.05, 3.63) is 12.2 Å². The first-order valence-electron chi connectivity index (χ1n) is 4.99. The highest BCUT2D eigenvalue weighted by Gasteiger charge is 2.00. The predicted octanol–water partition coefficient (Wildman–Crippen LogP) is 4.19. The van der Waals surface area contributed by atoms with Crippen LogP contribution < -0.4 is 0 Å². The molecule has 0 atom stereocenters. The lowest BCUT2D eigenvalue weighted by molar-refractivity contribution is -0.134. The van der Waals surface area contributed by atoms with E-state index in [0.717, 1.165) is 38.2 Å². The van der Waals surface area contributed by atoms with E-state index in [0.29, 0.717) is 12.8 Å². The van der Waals surface area contributed by atoms with Gasteiger partial charge in [-0.2, -0.15) is 8.78 Å². The second-order valence-electron chi connectivity index (χ2n) is 3.25. The zero-order valence-corrected chi connectivity index (χ0v) is 9.23. The largest absolute Gasteiger partial charge is 0.348 e. The van der Waals surface area contributed by atoms with Crippen LogP contribution in [0, 0.1) is 0 Å². The molecule has 2 nitrogen and oxygen atoms in total. The summed E-state index contributed by atoms with van der Waals surface area (Å²) < 4.78 is 27.1. The summed E-state index contributed by atoms with van der Waals surface area (Å²) in [5, 5.41) is 0. The Labute approximate surface area is 93.4 Å². The minimum atomic E-state index is -1.61. The van der Waals surface area contributed by atoms with Crippen LogP contribution >= 0.6 is 11.9 Å². The maximum atomic E-state index is 11.6. The van der Waals surface area contributed by atoms with Crippen molar-refractivity contribution in [3.8, 4) is 0 Å². The molecule has 0 aromatic rings. The highest BCUT2D eigenvalue weighted by Crippen LogP contribution is 2.09. The molecule has 0 aliphatic rings. The standard InChI is InChI=1S/C10H15ClF2O2/c11-15-10(14)8-6-4-2-1-3-5-7-9(12)13/h7H,1-6,8H2. The van der Waals surface area contributed by atoms with Gasteiger partial charge in [0, 0.05) is 6.42 Å². The van der Waals surface area contributed by atoms with Gasteiger partial charge in [0.2, 0.25) is 0 Å². The van der Waals surface area contributed by atoms with Gasteiger partial charge >= 0.3 is 5.97 Å². The van der Waals surface area contributed by atoms with Gasteiger partial charge in [-0.3, -0.25) is 4.79 Å². The van der Waals surface area contributed by atoms with E-state index >= 15 is 0 Å². The van der Waals surface area contributed by atoms with Crippen molar-refractivity contribution < 1.29 is 17.9 Å². The van der Waals surface area contributed by atoms with E-state index in [9.17, 15) is 13.6 Å². The zero-order valence-electron chi connectivity index (χ0n) is 8.48. The Morgan fingerprint density at radius 2 is 1.73 bits per heavy atom. The van der Waals surface area contributed by atoms with Crippen molar-refractivity contribution in [1.82, 2.24) is 0 Å². The Kier molecular flexibility index (Phi) is 9.48. The van der Waals surface area contributed by atoms with Gasteiger partial charge in [0.15, 0.2) is 0 Å². The van der Waals surface area contributed by atoms with Crippen molar-refractivity contribution >= 4 is 17.8 Å². The summed E-state index contributed by atoms with van der Waals surface area (Å²) in [6, 6.07) is 0. The van der Waals surface area contributed by atoms with E-state index in [4.69, 9.17) is 11.9 Å². The Morgan fingerprint density at radius 1 is 1.13 bits per heavy atom. The lowest BCUT2D eigenvalue weighted by Gasteiger charge is -1.98. The first-order valence-corrected chi connectivity index (χ1v) is 5.30. The van der Waals surface area contributed by atoms with Gasteiger partial charge in [0.05, 0.1) is 0 Å². The molecule has 88 valence electrons. The van der Waals surface area contributed by atoms with E-state index in [-0.39, 0.29) is 0 Å². The maximum absolute atomic E-state index is 11.6. The predicted molar refractivity (Wildman–Crippen MR) is 54.6 cm³/mol. The Morgan fingerprint density at radius 3 is 2.33 bits per heavy atom. The van der Waals surface area contributed by atoms with Crippen LogP contribution in [0.1, 0.15) is 44.9 Å². The topological polar surface area (TPSA) is 26.3 Å². The average Bonchev–Trinajstić information content (AvgIpc) is 2.21. The second kappa shape index (κ2) is 9.90. The van der Waals surface area contributed by atoms with Gasteiger partial charge in [0.25, 0.3) is 6.08 Å². The van der Waals surface area contributed by atoms with Crippen molar-refractivity contribution in [2.45, 2.75) is 44.9 Å². The summed E-state index contributed by atoms with van der Waals surface area (Å²) in [7, 11) is 0. The number of hydrogen-bond acceptors (Lipinski definition) is 2. The monoisotopic (exact) mass is 240 g/mol. The fourth-order valence-corrected chi connectivity index (χ4v) is 1.27. The fraction of sp³-hybridized carbons (Fsp3) is 0.700. The van der Waals surface area contributed by atoms with Crippen LogP contribution in [0.5, 0.6) is 0 Å². The molecule has 0 N–H and O–H groups in total. The zero-order chi connectivity index (χ0) is 11.5. The van der Waals surface area contributed by atoms with Gasteiger partial charge in [-0.25, -0.2) is 0 Å². The van der Waals surface area contributed by atoms with Crippen molar-refractivity contribution in [2.24, 2.45) is 0 Å². The number of rotatable bonds is 8. The number of carbonyl (C=O) groups excluding carboxylic acids is 1. The second-order valence-corrected chi connectivity index (χ2v) is 3.40. The summed E-state index contributed by atoms with van der Waals surface area (Å²) in [5.41, 5.74) is 0. The fourth-order valence-electron chi connectivity index (χ4n) is 1.19. The van der Waals surface area contributed by atoms with Gasteiger partial charge in [-0.1, -0.05) is 19.3 Å². The molecular weight excluding hydrogens is 226 g/mol. The van der Waals surface area contributed by atoms with E-state index in [1.165, 1.54) is 0 Å². The van der Waals surface area contributed by atoms with Crippen LogP contribution in [0.2, 0.25) is 0 Å². The number of hydrogen-bond donors (Lipinski definition) is 0. The quantitative estimate of drug-likeness (QED) is 0.595. The minimum Gasteiger partial charge on any atom is -0.348 e. The molecular formula is C10H15ClF2O2. The van der Waals surface area contributed by atoms with E-state index < -0.39 is 12.0 Å². The molecule has 0 rings (SSSR count). The molecule has 0 amide bonds. The van der Waals surface area contributed by atoms with Crippen LogP contribution in [0.4, 0.5) is 8.78 Å². The molecule has 5 heteroatoms. The summed E-state index contributed by atoms with van der Waals surface area (Å²) in [4.78, 5) is 10.6. The van der Waals surface area contributed by atoms with Crippen LogP contribution in [0.25, 0.3) is 0 Å². The molecule has 0 bridgehead atoms. The molecule has 0 heterocycles. The van der Waals surface area contributed by atoms with Crippen LogP contribution in [-0.4, -0.2) is 5.97 Å². The smallest absolute Gasteiger partial charge is 0.324 e. The third-order valence-corrected chi connectivity index (χ3v) is 2.14. The molecule has 0 aromatic heterocycles. The van der Waals surface area contributed by atoms with Gasteiger partial charge in [0.1, 0.15) is 11.9 Å². The molecule has 0 radical (unpaired) electrons. The molecule has 15 heavy (non-hydrogen) atoms. The third kappa shape index (κ3) is 11.3. The number of unbranched alkanes of at least 4 members (excludes halogenated alkanes) is 5. The van der Waals surface area contributed by atoms with Gasteiger partial charge in [-0.05, 0) is 25.3 Å². The molecule has 0 fully saturated rings. The molecule has 0 aliphatic heterocycles. The summed E-state index contributed by atoms with van der Waals surface area (Å²) in [5.74, 6) is -0.417. The van der Waals surface area contributed by atoms with E-state index in [1.807, 2.05) is 0 Å². The van der Waals surface area contributed by atoms with Crippen molar-refractivity contribution in [2.75, 3.05) is 0 Å². The first kappa shape index (κ1) is 14.4. The van der Waals surface area contributed by atoms with E-state index in [1.54, 1.807) is 0 Å². The highest BCUT2D eigenvalue weighted by molar-refractivity contribution is 6.13. The van der Waals surface area contributed by atoms with Crippen LogP contribution in [0.3, 0.4) is 0 Å². The third-order valence-electron chi connectivity index (χ3n) is 1.97. The highest BCUT2D eigenvalue weighted by atomic mass is 35.5. The minimum absolute atomic E-state index is 0.322. The van der Waals surface area contributed by atoms with Crippen LogP contribution in [-0.2, 0) is 9.08 Å². The van der Waals surface area contributed by atoms with Crippen molar-refractivity contribution in [3.63, 3.8) is 0 Å². The summed E-state index contributed by atoms with van der Waals surface area (Å²) in [6.07, 6.45) is 4.31. The molecule has 0 aromatic carbocycles. The number of carbonyl (C=O) groups is 1. The maximum Gasteiger partial charge on any atom is 0.324 e. The van der Waals surface area contributed by atoms with Crippen molar-refractivity contribution in [1.29, 1.82) is 0 Å². The SMILES string of the molecule is O=C(CCCCCCCC=C(F)F)OCl. The van der Waals surface area contributed by atoms with E-state index in [2.05, 4.69) is 4.29 Å². The van der Waals surface area contributed by atoms with Gasteiger partial charge in [-0.15, -0.1) is 0 Å². The summed E-state index contributed by atoms with van der Waals surface area (Å²) in [6.45, 7) is 0. The normalized spacial score (nSPS) is 9.80. The first-order chi connectivity index (χ1) is 7.16. The summed E-state index contributed by atoms with van der Waals surface area (Å²) >= 11 is 4.84. The average molecular weight is 241 g/mol. The lowest BCUT2D eigenvalue weighted by atomic mass is 10.1. The molecule has 0 aliphatic carbocycles. The Bertz CT molecular complexity index is 204. The Hall–Kier alpha value is -0.640. The molecule has 0 saturated carbocycles. The molecule has 0 unspecified atom stereocenters. The number of allylic oxidation sites excluding steroid dienone is 1. The number of halogens is 3. The lowest BCUT2D eigenvalue weighted by Crippen LogP contribution is -1.95.